The molecule has 0 aliphatic heterocycles. The predicted molar refractivity (Wildman–Crippen MR) is 70.1 cm³/mol. The average molecular weight is 228 g/mol. The number of aryl methyl sites for hydroxylation is 1. The number of anilines is 2. The molecule has 0 atom stereocenters. The van der Waals surface area contributed by atoms with Gasteiger partial charge in [-0.05, 0) is 36.7 Å². The molecule has 3 nitrogen and oxygen atoms in total. The predicted octanol–water partition coefficient (Wildman–Crippen LogP) is 1.76. The highest BCUT2D eigenvalue weighted by molar-refractivity contribution is 5.54. The third kappa shape index (κ3) is 3.04. The molecule has 3 N–H and O–H groups in total. The van der Waals surface area contributed by atoms with Crippen LogP contribution in [0.15, 0.2) is 48.7 Å². The molecule has 0 spiro atoms. The highest BCUT2D eigenvalue weighted by Crippen LogP contribution is 2.13. The summed E-state index contributed by atoms with van der Waals surface area (Å²) in [5, 5.41) is 3.37. The molecule has 0 fully saturated rings. The van der Waals surface area contributed by atoms with Gasteiger partial charge in [-0.3, -0.25) is 0 Å². The van der Waals surface area contributed by atoms with E-state index in [1.807, 2.05) is 36.0 Å². The summed E-state index contributed by atoms with van der Waals surface area (Å²) in [7, 11) is 2.02. The van der Waals surface area contributed by atoms with E-state index in [4.69, 9.17) is 5.73 Å². The van der Waals surface area contributed by atoms with Crippen molar-refractivity contribution in [2.24, 2.45) is 12.8 Å². The molecule has 2 aromatic rings. The maximum atomic E-state index is 5.52. The number of aromatic nitrogens is 1. The zero-order valence-electron chi connectivity index (χ0n) is 10.1. The summed E-state index contributed by atoms with van der Waals surface area (Å²) < 4.78 is 2.05. The Balaban J connectivity index is 2.11. The lowest BCUT2D eigenvalue weighted by Gasteiger charge is -2.03. The first-order valence-electron chi connectivity index (χ1n) is 5.80. The first-order valence-corrected chi connectivity index (χ1v) is 5.80. The zero-order chi connectivity index (χ0) is 12.1. The van der Waals surface area contributed by atoms with E-state index < -0.39 is 0 Å². The molecule has 0 aliphatic carbocycles. The molecule has 2 rings (SSSR count). The van der Waals surface area contributed by atoms with Crippen LogP contribution in [0, 0.1) is 0 Å². The molecule has 0 saturated heterocycles. The average Bonchev–Trinajstić information content (AvgIpc) is 2.35. The van der Waals surface area contributed by atoms with Crippen molar-refractivity contribution in [2.75, 3.05) is 11.9 Å². The largest absolute Gasteiger partial charge is 0.330 e. The van der Waals surface area contributed by atoms with Crippen LogP contribution in [-0.4, -0.2) is 6.54 Å². The molecule has 0 bridgehead atoms. The van der Waals surface area contributed by atoms with Crippen LogP contribution in [-0.2, 0) is 13.5 Å². The molecular weight excluding hydrogens is 210 g/mol. The van der Waals surface area contributed by atoms with Gasteiger partial charge in [0.1, 0.15) is 5.69 Å². The monoisotopic (exact) mass is 228 g/mol. The van der Waals surface area contributed by atoms with Gasteiger partial charge in [0.25, 0.3) is 5.82 Å². The summed E-state index contributed by atoms with van der Waals surface area (Å²) in [6.45, 7) is 0.695. The standard InChI is InChI=1S/C14H17N3/c1-17-11-3-2-4-14(17)16-13-7-5-12(6-8-13)9-10-15/h2-8,11H,9-10,15H2,1H3/p+1. The van der Waals surface area contributed by atoms with Crippen molar-refractivity contribution in [2.45, 2.75) is 6.42 Å². The second-order valence-corrected chi connectivity index (χ2v) is 4.06. The Labute approximate surface area is 102 Å². The number of hydrogen-bond donors (Lipinski definition) is 2. The van der Waals surface area contributed by atoms with Gasteiger partial charge in [0.2, 0.25) is 0 Å². The maximum absolute atomic E-state index is 5.52. The van der Waals surface area contributed by atoms with Crippen LogP contribution in [0.2, 0.25) is 0 Å². The van der Waals surface area contributed by atoms with Crippen LogP contribution in [0.5, 0.6) is 0 Å². The van der Waals surface area contributed by atoms with Gasteiger partial charge in [0.05, 0.1) is 13.2 Å². The van der Waals surface area contributed by atoms with Crippen LogP contribution < -0.4 is 15.6 Å². The second kappa shape index (κ2) is 5.46. The van der Waals surface area contributed by atoms with Crippen molar-refractivity contribution in [1.82, 2.24) is 0 Å². The Morgan fingerprint density at radius 2 is 1.88 bits per heavy atom. The Morgan fingerprint density at radius 3 is 2.53 bits per heavy atom. The number of rotatable bonds is 4. The van der Waals surface area contributed by atoms with E-state index in [1.165, 1.54) is 5.56 Å². The van der Waals surface area contributed by atoms with Crippen molar-refractivity contribution in [1.29, 1.82) is 0 Å². The van der Waals surface area contributed by atoms with Crippen LogP contribution in [0.4, 0.5) is 11.5 Å². The summed E-state index contributed by atoms with van der Waals surface area (Å²) in [5.74, 6) is 1.07. The Hall–Kier alpha value is -1.87. The fourth-order valence-corrected chi connectivity index (χ4v) is 1.72. The van der Waals surface area contributed by atoms with E-state index in [-0.39, 0.29) is 0 Å². The molecule has 1 aromatic carbocycles. The molecule has 1 heterocycles. The van der Waals surface area contributed by atoms with Crippen LogP contribution >= 0.6 is 0 Å². The van der Waals surface area contributed by atoms with Gasteiger partial charge in [-0.2, -0.15) is 0 Å². The van der Waals surface area contributed by atoms with Crippen molar-refractivity contribution in [3.8, 4) is 0 Å². The molecule has 1 aromatic heterocycles. The minimum atomic E-state index is 0.695. The van der Waals surface area contributed by atoms with Crippen LogP contribution in [0.3, 0.4) is 0 Å². The lowest BCUT2D eigenvalue weighted by molar-refractivity contribution is -0.657. The maximum Gasteiger partial charge on any atom is 0.279 e. The van der Waals surface area contributed by atoms with E-state index in [0.29, 0.717) is 6.54 Å². The molecule has 0 unspecified atom stereocenters. The van der Waals surface area contributed by atoms with Crippen molar-refractivity contribution < 1.29 is 4.57 Å². The fraction of sp³-hybridized carbons (Fsp3) is 0.214. The Bertz CT molecular complexity index is 477. The van der Waals surface area contributed by atoms with Crippen LogP contribution in [0.25, 0.3) is 0 Å². The molecule has 0 amide bonds. The van der Waals surface area contributed by atoms with E-state index in [0.717, 1.165) is 17.9 Å². The van der Waals surface area contributed by atoms with Crippen LogP contribution in [0.1, 0.15) is 5.56 Å². The number of hydrogen-bond acceptors (Lipinski definition) is 2. The summed E-state index contributed by atoms with van der Waals surface area (Å²) in [4.78, 5) is 0. The highest BCUT2D eigenvalue weighted by atomic mass is 15.1. The van der Waals surface area contributed by atoms with E-state index >= 15 is 0 Å². The molecule has 0 aliphatic rings. The second-order valence-electron chi connectivity index (χ2n) is 4.06. The topological polar surface area (TPSA) is 41.9 Å². The van der Waals surface area contributed by atoms with Gasteiger partial charge in [0, 0.05) is 6.07 Å². The summed E-state index contributed by atoms with van der Waals surface area (Å²) in [5.41, 5.74) is 7.89. The lowest BCUT2D eigenvalue weighted by Crippen LogP contribution is -2.30. The summed E-state index contributed by atoms with van der Waals surface area (Å²) in [6.07, 6.45) is 2.95. The minimum absolute atomic E-state index is 0.695. The van der Waals surface area contributed by atoms with Gasteiger partial charge >= 0.3 is 0 Å². The van der Waals surface area contributed by atoms with Gasteiger partial charge in [-0.25, -0.2) is 9.88 Å². The van der Waals surface area contributed by atoms with Gasteiger partial charge < -0.3 is 5.73 Å². The quantitative estimate of drug-likeness (QED) is 0.783. The number of pyridine rings is 1. The number of nitrogens with one attached hydrogen (secondary N) is 1. The van der Waals surface area contributed by atoms with Crippen molar-refractivity contribution in [3.63, 3.8) is 0 Å². The molecule has 0 saturated carbocycles. The first kappa shape index (κ1) is 11.6. The van der Waals surface area contributed by atoms with E-state index in [9.17, 15) is 0 Å². The van der Waals surface area contributed by atoms with E-state index in [1.54, 1.807) is 0 Å². The number of benzene rings is 1. The van der Waals surface area contributed by atoms with E-state index in [2.05, 4.69) is 29.6 Å². The smallest absolute Gasteiger partial charge is 0.279 e. The fourth-order valence-electron chi connectivity index (χ4n) is 1.72. The summed E-state index contributed by atoms with van der Waals surface area (Å²) in [6, 6.07) is 14.5. The third-order valence-corrected chi connectivity index (χ3v) is 2.71. The first-order chi connectivity index (χ1) is 8.29. The zero-order valence-corrected chi connectivity index (χ0v) is 10.1. The lowest BCUT2D eigenvalue weighted by atomic mass is 10.1. The molecular formula is C14H18N3+. The SMILES string of the molecule is C[n+]1ccccc1Nc1ccc(CCN)cc1. The Kier molecular flexibility index (Phi) is 3.73. The van der Waals surface area contributed by atoms with Crippen molar-refractivity contribution >= 4 is 11.5 Å². The number of nitrogens with zero attached hydrogens (tertiary/aromatic N) is 1. The normalized spacial score (nSPS) is 10.2. The molecule has 0 radical (unpaired) electrons. The molecule has 17 heavy (non-hydrogen) atoms. The summed E-state index contributed by atoms with van der Waals surface area (Å²) >= 11 is 0. The van der Waals surface area contributed by atoms with Gasteiger partial charge in [-0.1, -0.05) is 18.2 Å². The Morgan fingerprint density at radius 1 is 1.12 bits per heavy atom. The molecule has 3 heteroatoms. The van der Waals surface area contributed by atoms with Gasteiger partial charge in [0.15, 0.2) is 0 Å². The number of nitrogens with two attached hydrogens (primary N) is 1. The van der Waals surface area contributed by atoms with Gasteiger partial charge in [-0.15, -0.1) is 0 Å². The minimum Gasteiger partial charge on any atom is -0.330 e. The molecule has 88 valence electrons. The third-order valence-electron chi connectivity index (χ3n) is 2.71. The van der Waals surface area contributed by atoms with Crippen molar-refractivity contribution in [3.05, 3.63) is 54.2 Å². The highest BCUT2D eigenvalue weighted by Gasteiger charge is 2.04.